The first kappa shape index (κ1) is 32.0. The van der Waals surface area contributed by atoms with E-state index in [0.29, 0.717) is 37.2 Å². The summed E-state index contributed by atoms with van der Waals surface area (Å²) in [5.41, 5.74) is -0.826. The standard InChI is InChI=1S/C29H53N5O4S/c1-21(2)19-33-14-16-34(17-15-33)26(36)28(3,4)12-18-38-29(5,6)11-13-30-24(35)10-8-7-9-23-25-22(20-39-23)31-27(37)32-25/h21-23,25H,7-20H2,1-6H3,(H,30,35)(H2,31,32,37)/t22?,23-,25?/m0/s1. The molecule has 3 fully saturated rings. The van der Waals surface area contributed by atoms with E-state index in [9.17, 15) is 14.4 Å². The van der Waals surface area contributed by atoms with Gasteiger partial charge in [-0.2, -0.15) is 11.8 Å². The first-order chi connectivity index (χ1) is 18.4. The third-order valence-corrected chi connectivity index (χ3v) is 9.72. The number of nitrogens with zero attached hydrogens (tertiary/aromatic N) is 2. The van der Waals surface area contributed by atoms with E-state index in [1.165, 1.54) is 0 Å². The SMILES string of the molecule is CC(C)CN1CCN(C(=O)C(C)(C)CCOC(C)(C)CCNC(=O)CCCC[C@@H]2SCC3NC(=O)NC32)CC1. The van der Waals surface area contributed by atoms with Crippen LogP contribution < -0.4 is 16.0 Å². The molecule has 4 amide bonds. The van der Waals surface area contributed by atoms with Crippen LogP contribution in [0.25, 0.3) is 0 Å². The van der Waals surface area contributed by atoms with E-state index >= 15 is 0 Å². The van der Waals surface area contributed by atoms with Gasteiger partial charge in [0.25, 0.3) is 0 Å². The quantitative estimate of drug-likeness (QED) is 0.207. The summed E-state index contributed by atoms with van der Waals surface area (Å²) in [6, 6.07) is 0.431. The lowest BCUT2D eigenvalue weighted by Crippen LogP contribution is -2.52. The van der Waals surface area contributed by atoms with Crippen LogP contribution >= 0.6 is 11.8 Å². The fraction of sp³-hybridized carbons (Fsp3) is 0.897. The summed E-state index contributed by atoms with van der Waals surface area (Å²) < 4.78 is 6.18. The number of carbonyl (C=O) groups excluding carboxylic acids is 3. The van der Waals surface area contributed by atoms with Crippen molar-refractivity contribution >= 4 is 29.6 Å². The Balaban J connectivity index is 1.25. The van der Waals surface area contributed by atoms with Gasteiger partial charge in [-0.15, -0.1) is 0 Å². The van der Waals surface area contributed by atoms with Gasteiger partial charge in [0, 0.05) is 68.7 Å². The molecule has 0 aromatic rings. The van der Waals surface area contributed by atoms with Crippen molar-refractivity contribution in [2.24, 2.45) is 11.3 Å². The lowest BCUT2D eigenvalue weighted by Gasteiger charge is -2.39. The smallest absolute Gasteiger partial charge is 0.315 e. The monoisotopic (exact) mass is 567 g/mol. The van der Waals surface area contributed by atoms with Gasteiger partial charge in [-0.05, 0) is 45.4 Å². The predicted molar refractivity (Wildman–Crippen MR) is 158 cm³/mol. The maximum atomic E-state index is 13.2. The molecule has 39 heavy (non-hydrogen) atoms. The van der Waals surface area contributed by atoms with Crippen molar-refractivity contribution in [3.05, 3.63) is 0 Å². The van der Waals surface area contributed by atoms with Gasteiger partial charge in [-0.25, -0.2) is 4.79 Å². The number of fused-ring (bicyclic) bond motifs is 1. The van der Waals surface area contributed by atoms with Crippen molar-refractivity contribution in [1.82, 2.24) is 25.8 Å². The van der Waals surface area contributed by atoms with E-state index in [0.717, 1.165) is 64.2 Å². The molecule has 10 heteroatoms. The molecule has 3 saturated heterocycles. The summed E-state index contributed by atoms with van der Waals surface area (Å²) in [6.45, 7) is 18.3. The fourth-order valence-electron chi connectivity index (χ4n) is 5.70. The molecule has 9 nitrogen and oxygen atoms in total. The van der Waals surface area contributed by atoms with Crippen LogP contribution in [0.5, 0.6) is 0 Å². The van der Waals surface area contributed by atoms with E-state index in [4.69, 9.17) is 4.74 Å². The number of piperazine rings is 1. The fourth-order valence-corrected chi connectivity index (χ4v) is 7.25. The summed E-state index contributed by atoms with van der Waals surface area (Å²) in [7, 11) is 0. The van der Waals surface area contributed by atoms with Gasteiger partial charge < -0.3 is 25.6 Å². The molecule has 3 aliphatic rings. The van der Waals surface area contributed by atoms with E-state index < -0.39 is 5.41 Å². The maximum absolute atomic E-state index is 13.2. The third-order valence-electron chi connectivity index (χ3n) is 8.21. The average Bonchev–Trinajstić information content (AvgIpc) is 3.40. The molecule has 3 atom stereocenters. The van der Waals surface area contributed by atoms with Crippen molar-refractivity contribution in [2.75, 3.05) is 51.6 Å². The highest BCUT2D eigenvalue weighted by Gasteiger charge is 2.42. The first-order valence-electron chi connectivity index (χ1n) is 15.0. The van der Waals surface area contributed by atoms with Crippen LogP contribution in [0, 0.1) is 11.3 Å². The second-order valence-corrected chi connectivity index (χ2v) is 14.5. The van der Waals surface area contributed by atoms with E-state index in [1.54, 1.807) is 0 Å². The second kappa shape index (κ2) is 14.4. The van der Waals surface area contributed by atoms with Gasteiger partial charge in [0.05, 0.1) is 17.7 Å². The second-order valence-electron chi connectivity index (χ2n) is 13.2. The number of unbranched alkanes of at least 4 members (excludes halogenated alkanes) is 1. The van der Waals surface area contributed by atoms with Crippen LogP contribution in [0.3, 0.4) is 0 Å². The zero-order valence-corrected chi connectivity index (χ0v) is 26.0. The first-order valence-corrected chi connectivity index (χ1v) is 16.0. The van der Waals surface area contributed by atoms with Crippen molar-refractivity contribution in [3.8, 4) is 0 Å². The lowest BCUT2D eigenvalue weighted by molar-refractivity contribution is -0.144. The normalized spacial score (nSPS) is 24.0. The molecule has 0 saturated carbocycles. The number of hydrogen-bond acceptors (Lipinski definition) is 6. The Kier molecular flexibility index (Phi) is 11.8. The number of rotatable bonds is 15. The van der Waals surface area contributed by atoms with Crippen molar-refractivity contribution < 1.29 is 19.1 Å². The van der Waals surface area contributed by atoms with Gasteiger partial charge in [-0.3, -0.25) is 14.5 Å². The van der Waals surface area contributed by atoms with Gasteiger partial charge in [0.15, 0.2) is 0 Å². The highest BCUT2D eigenvalue weighted by atomic mass is 32.2. The summed E-state index contributed by atoms with van der Waals surface area (Å²) in [6.07, 6.45) is 4.79. The summed E-state index contributed by atoms with van der Waals surface area (Å²) in [5.74, 6) is 1.92. The topological polar surface area (TPSA) is 103 Å². The Hall–Kier alpha value is -1.52. The van der Waals surface area contributed by atoms with E-state index in [1.807, 2.05) is 44.4 Å². The summed E-state index contributed by atoms with van der Waals surface area (Å²) in [5, 5.41) is 9.47. The number of hydrogen-bond donors (Lipinski definition) is 3. The Bertz CT molecular complexity index is 828. The molecule has 0 bridgehead atoms. The number of ether oxygens (including phenoxy) is 1. The van der Waals surface area contributed by atoms with Crippen LogP contribution in [-0.4, -0.2) is 102 Å². The maximum Gasteiger partial charge on any atom is 0.315 e. The molecule has 3 heterocycles. The molecule has 0 spiro atoms. The van der Waals surface area contributed by atoms with Crippen LogP contribution in [0.2, 0.25) is 0 Å². The van der Waals surface area contributed by atoms with Gasteiger partial charge in [0.2, 0.25) is 11.8 Å². The zero-order valence-electron chi connectivity index (χ0n) is 25.1. The molecule has 3 N–H and O–H groups in total. The number of carbonyl (C=O) groups is 3. The number of urea groups is 1. The number of thioether (sulfide) groups is 1. The Labute approximate surface area is 240 Å². The minimum atomic E-state index is -0.456. The molecule has 3 aliphatic heterocycles. The van der Waals surface area contributed by atoms with Crippen LogP contribution in [0.1, 0.15) is 80.1 Å². The Morgan fingerprint density at radius 3 is 2.49 bits per heavy atom. The van der Waals surface area contributed by atoms with Crippen LogP contribution in [-0.2, 0) is 14.3 Å². The highest BCUT2D eigenvalue weighted by Crippen LogP contribution is 2.33. The molecular weight excluding hydrogens is 514 g/mol. The molecule has 0 aromatic carbocycles. The summed E-state index contributed by atoms with van der Waals surface area (Å²) >= 11 is 1.92. The Morgan fingerprint density at radius 2 is 1.79 bits per heavy atom. The predicted octanol–water partition coefficient (Wildman–Crippen LogP) is 3.23. The summed E-state index contributed by atoms with van der Waals surface area (Å²) in [4.78, 5) is 41.5. The number of amides is 4. The largest absolute Gasteiger partial charge is 0.375 e. The van der Waals surface area contributed by atoms with Crippen molar-refractivity contribution in [3.63, 3.8) is 0 Å². The molecule has 224 valence electrons. The van der Waals surface area contributed by atoms with Crippen LogP contribution in [0.4, 0.5) is 4.79 Å². The number of nitrogens with one attached hydrogen (secondary N) is 3. The Morgan fingerprint density at radius 1 is 1.08 bits per heavy atom. The van der Waals surface area contributed by atoms with Crippen molar-refractivity contribution in [1.29, 1.82) is 0 Å². The average molecular weight is 568 g/mol. The molecule has 0 aliphatic carbocycles. The lowest BCUT2D eigenvalue weighted by atomic mass is 9.87. The highest BCUT2D eigenvalue weighted by molar-refractivity contribution is 8.00. The van der Waals surface area contributed by atoms with Crippen LogP contribution in [0.15, 0.2) is 0 Å². The minimum Gasteiger partial charge on any atom is -0.375 e. The zero-order chi connectivity index (χ0) is 28.6. The molecule has 0 radical (unpaired) electrons. The molecule has 0 aromatic heterocycles. The van der Waals surface area contributed by atoms with E-state index in [-0.39, 0.29) is 35.5 Å². The molecule has 3 rings (SSSR count). The van der Waals surface area contributed by atoms with Gasteiger partial charge >= 0.3 is 6.03 Å². The third kappa shape index (κ3) is 10.1. The van der Waals surface area contributed by atoms with Gasteiger partial charge in [0.1, 0.15) is 0 Å². The van der Waals surface area contributed by atoms with E-state index in [2.05, 4.69) is 34.7 Å². The van der Waals surface area contributed by atoms with Crippen molar-refractivity contribution in [2.45, 2.75) is 103 Å². The molecular formula is C29H53N5O4S. The van der Waals surface area contributed by atoms with Gasteiger partial charge in [-0.1, -0.05) is 34.1 Å². The molecule has 2 unspecified atom stereocenters. The minimum absolute atomic E-state index is 0.0510.